The number of allylic oxidation sites excluding steroid dienone is 2. The van der Waals surface area contributed by atoms with E-state index in [1.165, 1.54) is 0 Å². The molecule has 0 saturated carbocycles. The summed E-state index contributed by atoms with van der Waals surface area (Å²) in [5, 5.41) is 0. The van der Waals surface area contributed by atoms with Crippen LogP contribution in [0.5, 0.6) is 0 Å². The van der Waals surface area contributed by atoms with E-state index in [2.05, 4.69) is 23.7 Å². The zero-order valence-electron chi connectivity index (χ0n) is 8.50. The van der Waals surface area contributed by atoms with Gasteiger partial charge in [0.05, 0.1) is 5.84 Å². The van der Waals surface area contributed by atoms with Gasteiger partial charge >= 0.3 is 0 Å². The van der Waals surface area contributed by atoms with E-state index in [1.807, 2.05) is 47.5 Å². The Balaban J connectivity index is 0.000000963. The van der Waals surface area contributed by atoms with E-state index in [4.69, 9.17) is 0 Å². The van der Waals surface area contributed by atoms with Crippen molar-refractivity contribution in [3.63, 3.8) is 0 Å². The largest absolute Gasteiger partial charge is 0.483 e. The van der Waals surface area contributed by atoms with Gasteiger partial charge < -0.3 is 4.90 Å². The molecule has 0 bridgehead atoms. The molecule has 1 radical (unpaired) electrons. The number of benzene rings is 1. The SMILES string of the molecule is [Ir].[c-]1ccccc1C1[CH-]N2C=CC=CC2=N1. The summed E-state index contributed by atoms with van der Waals surface area (Å²) in [5.74, 6) is 1.000. The van der Waals surface area contributed by atoms with Crippen LogP contribution < -0.4 is 0 Å². The monoisotopic (exact) mass is 387 g/mol. The van der Waals surface area contributed by atoms with E-state index in [-0.39, 0.29) is 26.1 Å². The van der Waals surface area contributed by atoms with Gasteiger partial charge in [0.15, 0.2) is 0 Å². The Morgan fingerprint density at radius 3 is 3.00 bits per heavy atom. The number of rotatable bonds is 1. The maximum atomic E-state index is 4.60. The second-order valence-electron chi connectivity index (χ2n) is 3.51. The van der Waals surface area contributed by atoms with Crippen molar-refractivity contribution in [2.45, 2.75) is 6.04 Å². The van der Waals surface area contributed by atoms with Gasteiger partial charge in [0.25, 0.3) is 0 Å². The van der Waals surface area contributed by atoms with E-state index < -0.39 is 0 Å². The molecule has 2 aliphatic rings. The first kappa shape index (κ1) is 11.3. The number of nitrogens with zero attached hydrogens (tertiary/aromatic N) is 2. The second kappa shape index (κ2) is 4.77. The first-order chi connectivity index (χ1) is 7.43. The van der Waals surface area contributed by atoms with E-state index in [0.717, 1.165) is 11.4 Å². The fourth-order valence-electron chi connectivity index (χ4n) is 1.75. The van der Waals surface area contributed by atoms with Gasteiger partial charge in [-0.05, 0) is 18.4 Å². The molecular formula is C13H10IrN2-2. The Bertz CT molecular complexity index is 448. The van der Waals surface area contributed by atoms with Crippen molar-refractivity contribution in [1.29, 1.82) is 0 Å². The van der Waals surface area contributed by atoms with Crippen LogP contribution in [0.25, 0.3) is 0 Å². The van der Waals surface area contributed by atoms with Crippen LogP contribution in [0.1, 0.15) is 11.6 Å². The normalized spacial score (nSPS) is 21.4. The molecule has 0 N–H and O–H groups in total. The molecule has 0 fully saturated rings. The molecule has 16 heavy (non-hydrogen) atoms. The summed E-state index contributed by atoms with van der Waals surface area (Å²) in [6, 6.07) is 11.3. The van der Waals surface area contributed by atoms with Crippen LogP contribution in [-0.2, 0) is 20.1 Å². The molecule has 0 amide bonds. The summed E-state index contributed by atoms with van der Waals surface area (Å²) in [7, 11) is 0. The number of hydrogen-bond donors (Lipinski definition) is 0. The summed E-state index contributed by atoms with van der Waals surface area (Å²) in [6.45, 7) is 2.10. The van der Waals surface area contributed by atoms with Gasteiger partial charge in [-0.1, -0.05) is 12.1 Å². The zero-order valence-corrected chi connectivity index (χ0v) is 10.9. The number of fused-ring (bicyclic) bond motifs is 1. The van der Waals surface area contributed by atoms with Gasteiger partial charge in [0.2, 0.25) is 0 Å². The topological polar surface area (TPSA) is 15.6 Å². The summed E-state index contributed by atoms with van der Waals surface area (Å²) in [6.07, 6.45) is 8.04. The van der Waals surface area contributed by atoms with E-state index >= 15 is 0 Å². The molecule has 2 heterocycles. The quantitative estimate of drug-likeness (QED) is 0.677. The van der Waals surface area contributed by atoms with Crippen molar-refractivity contribution in [2.75, 3.05) is 0 Å². The van der Waals surface area contributed by atoms with E-state index in [0.29, 0.717) is 0 Å². The van der Waals surface area contributed by atoms with Crippen LogP contribution in [0.3, 0.4) is 0 Å². The summed E-state index contributed by atoms with van der Waals surface area (Å²) < 4.78 is 0. The number of amidine groups is 1. The molecular weight excluding hydrogens is 376 g/mol. The summed E-state index contributed by atoms with van der Waals surface area (Å²) in [4.78, 5) is 6.65. The number of aliphatic imine (C=N–C) groups is 1. The van der Waals surface area contributed by atoms with E-state index in [1.54, 1.807) is 0 Å². The third-order valence-corrected chi connectivity index (χ3v) is 2.49. The average Bonchev–Trinajstić information content (AvgIpc) is 2.74. The second-order valence-corrected chi connectivity index (χ2v) is 3.51. The molecule has 3 heteroatoms. The van der Waals surface area contributed by atoms with Crippen LogP contribution in [0.15, 0.2) is 53.7 Å². The molecule has 83 valence electrons. The molecule has 1 atom stereocenters. The molecule has 1 aromatic rings. The maximum Gasteiger partial charge on any atom is 0.0950 e. The molecule has 1 unspecified atom stereocenters. The van der Waals surface area contributed by atoms with Gasteiger partial charge in [-0.3, -0.25) is 4.99 Å². The van der Waals surface area contributed by atoms with Crippen molar-refractivity contribution >= 4 is 5.84 Å². The molecule has 2 aliphatic heterocycles. The van der Waals surface area contributed by atoms with Gasteiger partial charge in [-0.2, -0.15) is 35.9 Å². The van der Waals surface area contributed by atoms with Crippen molar-refractivity contribution in [2.24, 2.45) is 4.99 Å². The van der Waals surface area contributed by atoms with Gasteiger partial charge in [0.1, 0.15) is 0 Å². The first-order valence-corrected chi connectivity index (χ1v) is 4.96. The Kier molecular flexibility index (Phi) is 3.37. The minimum atomic E-state index is 0. The summed E-state index contributed by atoms with van der Waals surface area (Å²) >= 11 is 0. The van der Waals surface area contributed by atoms with E-state index in [9.17, 15) is 0 Å². The molecule has 1 aromatic carbocycles. The smallest absolute Gasteiger partial charge is 0.0950 e. The zero-order chi connectivity index (χ0) is 10.1. The van der Waals surface area contributed by atoms with Gasteiger partial charge in [0, 0.05) is 20.1 Å². The van der Waals surface area contributed by atoms with Gasteiger partial charge in [-0.25, -0.2) is 6.54 Å². The molecule has 0 aromatic heterocycles. The maximum absolute atomic E-state index is 4.60. The Morgan fingerprint density at radius 2 is 2.25 bits per heavy atom. The van der Waals surface area contributed by atoms with Crippen LogP contribution in [0.4, 0.5) is 0 Å². The van der Waals surface area contributed by atoms with Crippen LogP contribution in [0, 0.1) is 12.6 Å². The van der Waals surface area contributed by atoms with Crippen molar-refractivity contribution in [3.05, 3.63) is 66.9 Å². The van der Waals surface area contributed by atoms with Crippen LogP contribution >= 0.6 is 0 Å². The molecule has 0 saturated heterocycles. The van der Waals surface area contributed by atoms with Gasteiger partial charge in [-0.15, -0.1) is 0 Å². The fraction of sp³-hybridized carbons (Fsp3) is 0.0769. The molecule has 2 nitrogen and oxygen atoms in total. The molecule has 0 spiro atoms. The Morgan fingerprint density at radius 1 is 1.31 bits per heavy atom. The van der Waals surface area contributed by atoms with Crippen molar-refractivity contribution < 1.29 is 20.1 Å². The first-order valence-electron chi connectivity index (χ1n) is 4.96. The predicted octanol–water partition coefficient (Wildman–Crippen LogP) is 2.48. The molecule has 3 rings (SSSR count). The number of hydrogen-bond acceptors (Lipinski definition) is 2. The molecule has 0 aliphatic carbocycles. The minimum absolute atomic E-state index is 0. The standard InChI is InChI=1S/C13H10N2.Ir/c1-2-6-11(7-3-1)12-10-15-9-5-4-8-13(15)14-12;/h1-6,8-10,12H;/q-2;. The van der Waals surface area contributed by atoms with Crippen LogP contribution in [-0.4, -0.2) is 10.7 Å². The predicted molar refractivity (Wildman–Crippen MR) is 59.9 cm³/mol. The third kappa shape index (κ3) is 2.01. The average molecular weight is 386 g/mol. The fourth-order valence-corrected chi connectivity index (χ4v) is 1.75. The summed E-state index contributed by atoms with van der Waals surface area (Å²) in [5.41, 5.74) is 1.11. The third-order valence-electron chi connectivity index (χ3n) is 2.49. The van der Waals surface area contributed by atoms with Crippen molar-refractivity contribution in [1.82, 2.24) is 4.90 Å². The Labute approximate surface area is 109 Å². The Hall–Kier alpha value is -1.18. The van der Waals surface area contributed by atoms with Crippen molar-refractivity contribution in [3.8, 4) is 0 Å². The van der Waals surface area contributed by atoms with Crippen LogP contribution in [0.2, 0.25) is 0 Å². The minimum Gasteiger partial charge on any atom is -0.483 e.